The van der Waals surface area contributed by atoms with E-state index in [1.807, 2.05) is 0 Å². The molecule has 0 aromatic heterocycles. The molecule has 0 N–H and O–H groups in total. The topological polar surface area (TPSA) is 0 Å². The highest BCUT2D eigenvalue weighted by atomic mass is 14.5. The van der Waals surface area contributed by atoms with Crippen LogP contribution in [-0.4, -0.2) is 0 Å². The molecule has 1 unspecified atom stereocenters. The molecule has 0 heteroatoms. The third-order valence-corrected chi connectivity index (χ3v) is 5.73. The van der Waals surface area contributed by atoms with Crippen molar-refractivity contribution in [1.29, 1.82) is 0 Å². The Morgan fingerprint density at radius 2 is 1.76 bits per heavy atom. The summed E-state index contributed by atoms with van der Waals surface area (Å²) in [6.07, 6.45) is 21.4. The fraction of sp³-hybridized carbons (Fsp3) is 0.429. The number of benzene rings is 1. The van der Waals surface area contributed by atoms with Crippen LogP contribution < -0.4 is 0 Å². The Kier molecular flexibility index (Phi) is 3.33. The lowest BCUT2D eigenvalue weighted by molar-refractivity contribution is 0.336. The van der Waals surface area contributed by atoms with E-state index in [1.54, 1.807) is 11.1 Å². The maximum atomic E-state index is 2.53. The van der Waals surface area contributed by atoms with Crippen LogP contribution in [0.5, 0.6) is 0 Å². The van der Waals surface area contributed by atoms with Gasteiger partial charge in [0, 0.05) is 5.41 Å². The van der Waals surface area contributed by atoms with Gasteiger partial charge in [-0.1, -0.05) is 85.9 Å². The molecule has 1 saturated carbocycles. The molecule has 1 aromatic carbocycles. The van der Waals surface area contributed by atoms with Gasteiger partial charge in [-0.2, -0.15) is 0 Å². The first-order valence-corrected chi connectivity index (χ1v) is 8.56. The predicted molar refractivity (Wildman–Crippen MR) is 90.2 cm³/mol. The van der Waals surface area contributed by atoms with Gasteiger partial charge >= 0.3 is 0 Å². The Balaban J connectivity index is 1.82. The molecule has 21 heavy (non-hydrogen) atoms. The minimum atomic E-state index is 0.185. The fourth-order valence-electron chi connectivity index (χ4n) is 4.72. The van der Waals surface area contributed by atoms with Crippen molar-refractivity contribution in [2.45, 2.75) is 50.4 Å². The molecule has 0 aliphatic heterocycles. The second-order valence-electron chi connectivity index (χ2n) is 6.80. The molecule has 0 spiro atoms. The minimum Gasteiger partial charge on any atom is -0.0804 e. The molecule has 1 atom stereocenters. The van der Waals surface area contributed by atoms with E-state index in [2.05, 4.69) is 54.6 Å². The van der Waals surface area contributed by atoms with Crippen LogP contribution in [0.1, 0.15) is 56.1 Å². The van der Waals surface area contributed by atoms with Crippen LogP contribution in [0.2, 0.25) is 0 Å². The van der Waals surface area contributed by atoms with Crippen LogP contribution in [0.25, 0.3) is 6.08 Å². The van der Waals surface area contributed by atoms with Crippen LogP contribution in [0, 0.1) is 5.92 Å². The normalized spacial score (nSPS) is 28.5. The van der Waals surface area contributed by atoms with Crippen LogP contribution in [0.3, 0.4) is 0 Å². The van der Waals surface area contributed by atoms with E-state index in [4.69, 9.17) is 0 Å². The van der Waals surface area contributed by atoms with Crippen molar-refractivity contribution < 1.29 is 0 Å². The molecule has 108 valence electrons. The van der Waals surface area contributed by atoms with Crippen molar-refractivity contribution in [1.82, 2.24) is 0 Å². The van der Waals surface area contributed by atoms with Gasteiger partial charge in [-0.3, -0.25) is 0 Å². The van der Waals surface area contributed by atoms with Crippen LogP contribution in [0.15, 0.2) is 54.1 Å². The van der Waals surface area contributed by atoms with Gasteiger partial charge in [0.05, 0.1) is 0 Å². The van der Waals surface area contributed by atoms with Gasteiger partial charge in [-0.25, -0.2) is 0 Å². The molecule has 0 saturated heterocycles. The second-order valence-corrected chi connectivity index (χ2v) is 6.80. The summed E-state index contributed by atoms with van der Waals surface area (Å²) in [7, 11) is 0. The Morgan fingerprint density at radius 1 is 0.952 bits per heavy atom. The first kappa shape index (κ1) is 13.1. The highest BCUT2D eigenvalue weighted by molar-refractivity contribution is 5.69. The standard InChI is InChI=1S/C21H24/c1-2-4-11-18(10-3-1)21(19-12-6-7-13-19)16-15-17-9-5-8-14-20(17)21/h5-9,12,14-16,18H,1-4,10-11,13H2. The summed E-state index contributed by atoms with van der Waals surface area (Å²) < 4.78 is 0. The molecule has 4 rings (SSSR count). The van der Waals surface area contributed by atoms with Crippen molar-refractivity contribution in [3.05, 3.63) is 65.3 Å². The Bertz CT molecular complexity index is 609. The summed E-state index contributed by atoms with van der Waals surface area (Å²) >= 11 is 0. The van der Waals surface area contributed by atoms with Gasteiger partial charge in [0.1, 0.15) is 0 Å². The first-order chi connectivity index (χ1) is 10.4. The molecule has 0 heterocycles. The van der Waals surface area contributed by atoms with Gasteiger partial charge in [0.2, 0.25) is 0 Å². The number of allylic oxidation sites excluding steroid dienone is 5. The zero-order chi connectivity index (χ0) is 14.1. The number of rotatable bonds is 2. The summed E-state index contributed by atoms with van der Waals surface area (Å²) in [6, 6.07) is 9.06. The molecule has 3 aliphatic rings. The van der Waals surface area contributed by atoms with Gasteiger partial charge < -0.3 is 0 Å². The number of fused-ring (bicyclic) bond motifs is 1. The highest BCUT2D eigenvalue weighted by Crippen LogP contribution is 2.52. The Morgan fingerprint density at radius 3 is 2.52 bits per heavy atom. The quantitative estimate of drug-likeness (QED) is 0.598. The third-order valence-electron chi connectivity index (χ3n) is 5.73. The summed E-state index contributed by atoms with van der Waals surface area (Å²) in [5.74, 6) is 0.783. The number of hydrogen-bond acceptors (Lipinski definition) is 0. The summed E-state index contributed by atoms with van der Waals surface area (Å²) in [5.41, 5.74) is 4.81. The summed E-state index contributed by atoms with van der Waals surface area (Å²) in [6.45, 7) is 0. The highest BCUT2D eigenvalue weighted by Gasteiger charge is 2.44. The summed E-state index contributed by atoms with van der Waals surface area (Å²) in [4.78, 5) is 0. The van der Waals surface area contributed by atoms with E-state index < -0.39 is 0 Å². The Labute approximate surface area is 128 Å². The minimum absolute atomic E-state index is 0.185. The SMILES string of the molecule is C1=CCC(C2(C3CCCCCC3)C=Cc3ccccc32)=C1. The lowest BCUT2D eigenvalue weighted by Crippen LogP contribution is -2.34. The van der Waals surface area contributed by atoms with E-state index in [0.29, 0.717) is 0 Å². The van der Waals surface area contributed by atoms with Gasteiger partial charge in [-0.05, 0) is 36.3 Å². The van der Waals surface area contributed by atoms with E-state index in [9.17, 15) is 0 Å². The molecule has 0 amide bonds. The van der Waals surface area contributed by atoms with E-state index in [1.165, 1.54) is 44.1 Å². The molecular weight excluding hydrogens is 252 g/mol. The lowest BCUT2D eigenvalue weighted by atomic mass is 9.64. The summed E-state index contributed by atoms with van der Waals surface area (Å²) in [5, 5.41) is 0. The van der Waals surface area contributed by atoms with E-state index in [-0.39, 0.29) is 5.41 Å². The number of hydrogen-bond donors (Lipinski definition) is 0. The molecular formula is C21H24. The van der Waals surface area contributed by atoms with Gasteiger partial charge in [-0.15, -0.1) is 0 Å². The smallest absolute Gasteiger partial charge is 0.0384 e. The van der Waals surface area contributed by atoms with Gasteiger partial charge in [0.15, 0.2) is 0 Å². The maximum Gasteiger partial charge on any atom is 0.0384 e. The molecule has 0 radical (unpaired) electrons. The van der Waals surface area contributed by atoms with Crippen LogP contribution >= 0.6 is 0 Å². The van der Waals surface area contributed by atoms with Crippen LogP contribution in [0.4, 0.5) is 0 Å². The lowest BCUT2D eigenvalue weighted by Gasteiger charge is -2.39. The second kappa shape index (κ2) is 5.33. The molecule has 0 nitrogen and oxygen atoms in total. The Hall–Kier alpha value is -1.56. The largest absolute Gasteiger partial charge is 0.0804 e. The molecule has 3 aliphatic carbocycles. The third kappa shape index (κ3) is 2.04. The van der Waals surface area contributed by atoms with Crippen molar-refractivity contribution in [3.8, 4) is 0 Å². The van der Waals surface area contributed by atoms with Gasteiger partial charge in [0.25, 0.3) is 0 Å². The van der Waals surface area contributed by atoms with Crippen LogP contribution in [-0.2, 0) is 5.41 Å². The average Bonchev–Trinajstić information content (AvgIpc) is 3.10. The maximum absolute atomic E-state index is 2.53. The fourth-order valence-corrected chi connectivity index (χ4v) is 4.72. The van der Waals surface area contributed by atoms with Crippen molar-refractivity contribution >= 4 is 6.08 Å². The monoisotopic (exact) mass is 276 g/mol. The average molecular weight is 276 g/mol. The predicted octanol–water partition coefficient (Wildman–Crippen LogP) is 5.81. The van der Waals surface area contributed by atoms with E-state index in [0.717, 1.165) is 12.3 Å². The first-order valence-electron chi connectivity index (χ1n) is 8.56. The molecule has 1 fully saturated rings. The van der Waals surface area contributed by atoms with Crippen molar-refractivity contribution in [2.24, 2.45) is 5.92 Å². The molecule has 0 bridgehead atoms. The zero-order valence-electron chi connectivity index (χ0n) is 12.7. The molecule has 1 aromatic rings. The van der Waals surface area contributed by atoms with Crippen molar-refractivity contribution in [3.63, 3.8) is 0 Å². The zero-order valence-corrected chi connectivity index (χ0v) is 12.7. The van der Waals surface area contributed by atoms with E-state index >= 15 is 0 Å². The van der Waals surface area contributed by atoms with Crippen molar-refractivity contribution in [2.75, 3.05) is 0 Å².